The normalized spacial score (nSPS) is 36.3. The van der Waals surface area contributed by atoms with Crippen molar-refractivity contribution in [2.45, 2.75) is 83.4 Å². The van der Waals surface area contributed by atoms with Gasteiger partial charge in [0, 0.05) is 24.1 Å². The third-order valence-corrected chi connectivity index (χ3v) is 6.01. The lowest BCUT2D eigenvalue weighted by molar-refractivity contribution is -0.175. The molecule has 0 saturated heterocycles. The predicted molar refractivity (Wildman–Crippen MR) is 74.7 cm³/mol. The molecule has 3 fully saturated rings. The zero-order chi connectivity index (χ0) is 12.6. The van der Waals surface area contributed by atoms with Gasteiger partial charge in [0.05, 0.1) is 6.10 Å². The molecular formula is C16H29NO. The van der Waals surface area contributed by atoms with E-state index in [0.29, 0.717) is 11.5 Å². The Morgan fingerprint density at radius 3 is 2.50 bits per heavy atom. The number of nitrogens with one attached hydrogen (secondary N) is 1. The van der Waals surface area contributed by atoms with Crippen molar-refractivity contribution in [1.29, 1.82) is 0 Å². The highest BCUT2D eigenvalue weighted by Gasteiger charge is 2.59. The van der Waals surface area contributed by atoms with Crippen LogP contribution in [0.4, 0.5) is 0 Å². The molecule has 0 heterocycles. The first-order valence-electron chi connectivity index (χ1n) is 8.14. The van der Waals surface area contributed by atoms with Crippen molar-refractivity contribution in [2.24, 2.45) is 11.3 Å². The highest BCUT2D eigenvalue weighted by atomic mass is 16.5. The van der Waals surface area contributed by atoms with Crippen LogP contribution in [0.5, 0.6) is 0 Å². The maximum atomic E-state index is 5.93. The van der Waals surface area contributed by atoms with Crippen molar-refractivity contribution in [3.8, 4) is 0 Å². The molecule has 3 rings (SSSR count). The molecule has 3 saturated carbocycles. The van der Waals surface area contributed by atoms with E-state index < -0.39 is 0 Å². The summed E-state index contributed by atoms with van der Waals surface area (Å²) >= 11 is 0. The first kappa shape index (κ1) is 12.9. The Hall–Kier alpha value is -0.0800. The molecule has 0 aliphatic heterocycles. The van der Waals surface area contributed by atoms with Gasteiger partial charge in [-0.15, -0.1) is 0 Å². The van der Waals surface area contributed by atoms with Crippen LogP contribution in [-0.2, 0) is 4.74 Å². The Morgan fingerprint density at radius 2 is 1.94 bits per heavy atom. The molecule has 0 aromatic carbocycles. The molecule has 0 aromatic heterocycles. The fraction of sp³-hybridized carbons (Fsp3) is 1.00. The van der Waals surface area contributed by atoms with Crippen molar-refractivity contribution >= 4 is 0 Å². The molecule has 1 N–H and O–H groups in total. The Balaban J connectivity index is 1.54. The first-order valence-corrected chi connectivity index (χ1v) is 8.14. The van der Waals surface area contributed by atoms with E-state index in [-0.39, 0.29) is 0 Å². The second-order valence-corrected chi connectivity index (χ2v) is 6.82. The lowest BCUT2D eigenvalue weighted by Crippen LogP contribution is -2.68. The van der Waals surface area contributed by atoms with Gasteiger partial charge in [0.15, 0.2) is 0 Å². The zero-order valence-corrected chi connectivity index (χ0v) is 12.1. The summed E-state index contributed by atoms with van der Waals surface area (Å²) in [5.74, 6) is 0.938. The zero-order valence-electron chi connectivity index (χ0n) is 12.1. The molecule has 0 amide bonds. The Bertz CT molecular complexity index is 281. The van der Waals surface area contributed by atoms with E-state index in [1.807, 2.05) is 0 Å². The van der Waals surface area contributed by atoms with Gasteiger partial charge in [-0.05, 0) is 51.9 Å². The van der Waals surface area contributed by atoms with Gasteiger partial charge in [0.25, 0.3) is 0 Å². The monoisotopic (exact) mass is 251 g/mol. The third-order valence-electron chi connectivity index (χ3n) is 6.01. The minimum atomic E-state index is 0.531. The summed E-state index contributed by atoms with van der Waals surface area (Å²) in [7, 11) is 0. The summed E-state index contributed by atoms with van der Waals surface area (Å²) < 4.78 is 5.93. The lowest BCUT2D eigenvalue weighted by Gasteiger charge is -2.62. The summed E-state index contributed by atoms with van der Waals surface area (Å²) in [6.07, 6.45) is 11.8. The van der Waals surface area contributed by atoms with Gasteiger partial charge in [0.2, 0.25) is 0 Å². The van der Waals surface area contributed by atoms with Crippen molar-refractivity contribution < 1.29 is 4.74 Å². The Kier molecular flexibility index (Phi) is 3.68. The number of hydrogen-bond acceptors (Lipinski definition) is 2. The van der Waals surface area contributed by atoms with E-state index in [4.69, 9.17) is 4.74 Å². The van der Waals surface area contributed by atoms with E-state index in [9.17, 15) is 0 Å². The van der Waals surface area contributed by atoms with Gasteiger partial charge in [-0.3, -0.25) is 0 Å². The standard InChI is InChI=1S/C16H29NO/c1-3-18-15-11-14(16(15)9-6-10-16)17-12(2)13-7-4-5-8-13/h12-15,17H,3-11H2,1-2H3/t12-,14?,15?/m1/s1. The van der Waals surface area contributed by atoms with E-state index in [1.165, 1.54) is 51.4 Å². The number of hydrogen-bond donors (Lipinski definition) is 1. The second-order valence-electron chi connectivity index (χ2n) is 6.82. The van der Waals surface area contributed by atoms with Crippen molar-refractivity contribution in [2.75, 3.05) is 6.61 Å². The van der Waals surface area contributed by atoms with Crippen LogP contribution in [0, 0.1) is 11.3 Å². The number of rotatable bonds is 5. The quantitative estimate of drug-likeness (QED) is 0.807. The smallest absolute Gasteiger partial charge is 0.0661 e. The van der Waals surface area contributed by atoms with Crippen LogP contribution >= 0.6 is 0 Å². The van der Waals surface area contributed by atoms with E-state index in [1.54, 1.807) is 0 Å². The van der Waals surface area contributed by atoms with E-state index >= 15 is 0 Å². The molecule has 3 aliphatic carbocycles. The van der Waals surface area contributed by atoms with Crippen LogP contribution in [0.25, 0.3) is 0 Å². The lowest BCUT2D eigenvalue weighted by atomic mass is 9.51. The average Bonchev–Trinajstić information content (AvgIpc) is 2.78. The maximum Gasteiger partial charge on any atom is 0.0661 e. The number of ether oxygens (including phenoxy) is 1. The Morgan fingerprint density at radius 1 is 1.22 bits per heavy atom. The highest BCUT2D eigenvalue weighted by molar-refractivity contribution is 5.12. The van der Waals surface area contributed by atoms with Crippen LogP contribution in [0.2, 0.25) is 0 Å². The van der Waals surface area contributed by atoms with Crippen LogP contribution in [-0.4, -0.2) is 24.8 Å². The van der Waals surface area contributed by atoms with E-state index in [0.717, 1.165) is 24.6 Å². The van der Waals surface area contributed by atoms with E-state index in [2.05, 4.69) is 19.2 Å². The summed E-state index contributed by atoms with van der Waals surface area (Å²) in [5, 5.41) is 3.96. The van der Waals surface area contributed by atoms with Crippen molar-refractivity contribution in [1.82, 2.24) is 5.32 Å². The molecular weight excluding hydrogens is 222 g/mol. The summed E-state index contributed by atoms with van der Waals surface area (Å²) in [4.78, 5) is 0. The van der Waals surface area contributed by atoms with Gasteiger partial charge >= 0.3 is 0 Å². The molecule has 2 nitrogen and oxygen atoms in total. The molecule has 1 spiro atoms. The minimum Gasteiger partial charge on any atom is -0.378 e. The molecule has 104 valence electrons. The van der Waals surface area contributed by atoms with Crippen molar-refractivity contribution in [3.05, 3.63) is 0 Å². The molecule has 3 aliphatic rings. The van der Waals surface area contributed by atoms with Gasteiger partial charge in [0.1, 0.15) is 0 Å². The molecule has 0 radical (unpaired) electrons. The molecule has 0 bridgehead atoms. The van der Waals surface area contributed by atoms with Gasteiger partial charge in [-0.25, -0.2) is 0 Å². The molecule has 2 heteroatoms. The van der Waals surface area contributed by atoms with Gasteiger partial charge in [-0.2, -0.15) is 0 Å². The fourth-order valence-corrected chi connectivity index (χ4v) is 4.58. The van der Waals surface area contributed by atoms with Crippen LogP contribution in [0.15, 0.2) is 0 Å². The van der Waals surface area contributed by atoms with Gasteiger partial charge in [-0.1, -0.05) is 19.3 Å². The average molecular weight is 251 g/mol. The first-order chi connectivity index (χ1) is 8.76. The fourth-order valence-electron chi connectivity index (χ4n) is 4.58. The minimum absolute atomic E-state index is 0.531. The molecule has 18 heavy (non-hydrogen) atoms. The second kappa shape index (κ2) is 5.13. The van der Waals surface area contributed by atoms with Crippen LogP contribution < -0.4 is 5.32 Å². The molecule has 0 aromatic rings. The maximum absolute atomic E-state index is 5.93. The summed E-state index contributed by atoms with van der Waals surface area (Å²) in [6.45, 7) is 5.43. The summed E-state index contributed by atoms with van der Waals surface area (Å²) in [6, 6.07) is 1.47. The van der Waals surface area contributed by atoms with Crippen LogP contribution in [0.1, 0.15) is 65.2 Å². The topological polar surface area (TPSA) is 21.3 Å². The highest BCUT2D eigenvalue weighted by Crippen LogP contribution is 2.57. The SMILES string of the molecule is CCOC1CC(N[C@H](C)C2CCCC2)C12CCC2. The summed E-state index contributed by atoms with van der Waals surface area (Å²) in [5.41, 5.74) is 0.531. The largest absolute Gasteiger partial charge is 0.378 e. The molecule has 3 atom stereocenters. The third kappa shape index (κ3) is 2.02. The molecule has 2 unspecified atom stereocenters. The Labute approximate surface area is 112 Å². The van der Waals surface area contributed by atoms with Crippen molar-refractivity contribution in [3.63, 3.8) is 0 Å². The predicted octanol–water partition coefficient (Wildman–Crippen LogP) is 3.50. The van der Waals surface area contributed by atoms with Crippen LogP contribution in [0.3, 0.4) is 0 Å². The van der Waals surface area contributed by atoms with Gasteiger partial charge < -0.3 is 10.1 Å².